The number of alkyl halides is 13. The number of hydrogen-bond donors (Lipinski definition) is 0. The van der Waals surface area contributed by atoms with E-state index in [4.69, 9.17) is 11.7 Å². The number of aryl methyl sites for hydroxylation is 2. The van der Waals surface area contributed by atoms with E-state index >= 15 is 0 Å². The molecule has 0 amide bonds. The Kier molecular flexibility index (Phi) is 24.2. The van der Waals surface area contributed by atoms with Gasteiger partial charge in [-0.3, -0.25) is 12.5 Å². The van der Waals surface area contributed by atoms with Gasteiger partial charge in [0.05, 0.1) is 18.1 Å². The van der Waals surface area contributed by atoms with Crippen molar-refractivity contribution in [3.05, 3.63) is 70.8 Å². The Bertz CT molecular complexity index is 1880. The van der Waals surface area contributed by atoms with E-state index in [0.29, 0.717) is 9.99 Å². The van der Waals surface area contributed by atoms with Crippen molar-refractivity contribution in [3.63, 3.8) is 0 Å². The molecule has 0 heterocycles. The van der Waals surface area contributed by atoms with Crippen LogP contribution in [0, 0.1) is 13.8 Å². The average Bonchev–Trinajstić information content (AvgIpc) is 3.04. The molecule has 12 nitrogen and oxygen atoms in total. The van der Waals surface area contributed by atoms with E-state index in [1.807, 2.05) is 22.6 Å². The first-order valence-electron chi connectivity index (χ1n) is 14.0. The van der Waals surface area contributed by atoms with Crippen LogP contribution in [0.4, 0.5) is 52.7 Å². The molecule has 0 fully saturated rings. The van der Waals surface area contributed by atoms with Crippen molar-refractivity contribution < 1.29 is 123 Å². The fourth-order valence-electron chi connectivity index (χ4n) is 3.17. The summed E-state index contributed by atoms with van der Waals surface area (Å²) >= 11 is 3.65. The fourth-order valence-corrected chi connectivity index (χ4v) is 6.73. The van der Waals surface area contributed by atoms with Crippen LogP contribution in [0.5, 0.6) is 0 Å². The van der Waals surface area contributed by atoms with E-state index < -0.39 is 107 Å². The first-order valence-corrected chi connectivity index (χ1v) is 21.8. The Hall–Kier alpha value is -1.45. The topological polar surface area (TPSA) is 181 Å². The standard InChI is InChI=1S/C13H14F6O6S2.C12H14F3IO3S.CF3O2S.Ag.O/c1-9-3-5-10(6-4-9)11(12(14,15)16)25-26(20,21)8-2-7-24-27(22,23)13(17,18)19;1-9-3-5-10(6-4-9)11(12(13,14)15)19-20(17,18)8-2-7-16;2-1(3,4)7(5)6;;/h3-6,11H,2,7-8H2,1H3;3-6,11H,2,7-8H2,1H3;;;/q;;-1;;. The molecule has 2 atom stereocenters. The molecule has 331 valence electrons. The van der Waals surface area contributed by atoms with Crippen LogP contribution < -0.4 is 0 Å². The molecule has 0 aliphatic rings. The predicted molar refractivity (Wildman–Crippen MR) is 174 cm³/mol. The van der Waals surface area contributed by atoms with Gasteiger partial charge in [-0.05, 0) is 37.8 Å². The third kappa shape index (κ3) is 23.2. The van der Waals surface area contributed by atoms with Crippen LogP contribution >= 0.6 is 22.6 Å². The zero-order valence-corrected chi connectivity index (χ0v) is 34.7. The molecule has 2 aromatic carbocycles. The van der Waals surface area contributed by atoms with E-state index in [9.17, 15) is 77.9 Å². The summed E-state index contributed by atoms with van der Waals surface area (Å²) in [7, 11) is -18.9. The Morgan fingerprint density at radius 1 is 0.625 bits per heavy atom. The second-order valence-electron chi connectivity index (χ2n) is 10.2. The molecule has 0 bridgehead atoms. The number of rotatable bonds is 14. The molecule has 30 heteroatoms. The Labute approximate surface area is 340 Å². The summed E-state index contributed by atoms with van der Waals surface area (Å²) in [6.07, 6.45) is -15.7. The summed E-state index contributed by atoms with van der Waals surface area (Å²) in [5.74, 6) is -1.60. The van der Waals surface area contributed by atoms with Gasteiger partial charge in [-0.25, -0.2) is 0 Å². The zero-order valence-electron chi connectivity index (χ0n) is 27.8. The van der Waals surface area contributed by atoms with E-state index in [0.717, 1.165) is 17.7 Å². The molecule has 0 saturated carbocycles. The first kappa shape index (κ1) is 56.6. The normalized spacial score (nSPS) is 14.0. The van der Waals surface area contributed by atoms with Crippen molar-refractivity contribution in [1.29, 1.82) is 0 Å². The van der Waals surface area contributed by atoms with E-state index in [-0.39, 0.29) is 12.0 Å². The Balaban J connectivity index is 0. The summed E-state index contributed by atoms with van der Waals surface area (Å²) < 4.78 is 252. The van der Waals surface area contributed by atoms with Crippen LogP contribution in [-0.2, 0) is 86.3 Å². The van der Waals surface area contributed by atoms with Gasteiger partial charge in [0.1, 0.15) is 0 Å². The molecular weight excluding hydrogens is 1100 g/mol. The van der Waals surface area contributed by atoms with E-state index in [2.05, 4.69) is 12.5 Å². The molecule has 56 heavy (non-hydrogen) atoms. The van der Waals surface area contributed by atoms with Crippen molar-refractivity contribution in [2.45, 2.75) is 62.3 Å². The summed E-state index contributed by atoms with van der Waals surface area (Å²) in [6.45, 7) is 2.12. The second kappa shape index (κ2) is 24.0. The van der Waals surface area contributed by atoms with Crippen LogP contribution in [0.15, 0.2) is 48.5 Å². The Morgan fingerprint density at radius 2 is 0.929 bits per heavy atom. The SMILES string of the molecule is Cc1ccc(C(OS(=O)(=O)CCCI)C(F)(F)F)cc1.Cc1ccc(C(OS(=O)(=O)CCCOS(=O)(=O)C(F)(F)F)C(F)(F)F)cc1.O=[S-](=O)C(F)(F)F.[O]=[Ag]. The Morgan fingerprint density at radius 3 is 1.18 bits per heavy atom. The minimum absolute atomic E-state index is 0.221. The van der Waals surface area contributed by atoms with E-state index in [1.54, 1.807) is 34.9 Å². The van der Waals surface area contributed by atoms with Gasteiger partial charge in [0.25, 0.3) is 20.2 Å². The molecule has 0 radical (unpaired) electrons. The van der Waals surface area contributed by atoms with Gasteiger partial charge in [0, 0.05) is 15.1 Å². The third-order valence-electron chi connectivity index (χ3n) is 5.62. The van der Waals surface area contributed by atoms with Gasteiger partial charge in [-0.15, -0.1) is 0 Å². The van der Waals surface area contributed by atoms with Crippen molar-refractivity contribution in [1.82, 2.24) is 0 Å². The van der Waals surface area contributed by atoms with Gasteiger partial charge in [-0.2, -0.15) is 77.9 Å². The molecule has 0 aliphatic carbocycles. The molecule has 0 saturated heterocycles. The molecule has 0 aromatic heterocycles. The van der Waals surface area contributed by atoms with Crippen LogP contribution in [0.2, 0.25) is 0 Å². The summed E-state index contributed by atoms with van der Waals surface area (Å²) in [6, 6.07) is 10.1. The second-order valence-corrected chi connectivity index (χ2v) is 17.2. The fraction of sp³-hybridized carbons (Fsp3) is 0.538. The first-order chi connectivity index (χ1) is 25.1. The molecule has 0 spiro atoms. The van der Waals surface area contributed by atoms with Crippen LogP contribution in [0.1, 0.15) is 47.3 Å². The zero-order chi connectivity index (χ0) is 44.6. The van der Waals surface area contributed by atoms with Gasteiger partial charge < -0.3 is 8.42 Å². The number of hydrogen-bond acceptors (Lipinski definition) is 13. The molecule has 0 N–H and O–H groups in total. The quantitative estimate of drug-likeness (QED) is 0.0264. The van der Waals surface area contributed by atoms with Gasteiger partial charge in [0.15, 0.2) is 12.2 Å². The van der Waals surface area contributed by atoms with Gasteiger partial charge in [-0.1, -0.05) is 82.2 Å². The summed E-state index contributed by atoms with van der Waals surface area (Å²) in [5, 5.41) is 0. The van der Waals surface area contributed by atoms with Crippen molar-refractivity contribution >= 4 is 63.6 Å². The maximum atomic E-state index is 13.1. The average molecular weight is 1120 g/mol. The molecule has 0 aliphatic heterocycles. The number of benzene rings is 2. The van der Waals surface area contributed by atoms with Crippen LogP contribution in [-0.4, -0.2) is 71.2 Å². The summed E-state index contributed by atoms with van der Waals surface area (Å²) in [4.78, 5) is 0. The van der Waals surface area contributed by atoms with Crippen molar-refractivity contribution in [2.75, 3.05) is 22.5 Å². The minimum atomic E-state index is -5.92. The van der Waals surface area contributed by atoms with Gasteiger partial charge in [0.2, 0.25) is 0 Å². The van der Waals surface area contributed by atoms with Gasteiger partial charge >= 0.3 is 57.8 Å². The molecule has 2 rings (SSSR count). The van der Waals surface area contributed by atoms with Crippen LogP contribution in [0.25, 0.3) is 0 Å². The summed E-state index contributed by atoms with van der Waals surface area (Å²) in [5.41, 5.74) is -10.1. The predicted octanol–water partition coefficient (Wildman–Crippen LogP) is 7.67. The van der Waals surface area contributed by atoms with E-state index in [1.165, 1.54) is 36.4 Å². The number of halogens is 13. The monoisotopic (exact) mass is 1120 g/mol. The molecule has 2 unspecified atom stereocenters. The molecule has 2 aromatic rings. The third-order valence-corrected chi connectivity index (χ3v) is 10.4. The molecular formula is C26H28AgF12IO12S4-. The van der Waals surface area contributed by atoms with Crippen molar-refractivity contribution in [3.8, 4) is 0 Å². The van der Waals surface area contributed by atoms with Crippen molar-refractivity contribution in [2.24, 2.45) is 0 Å². The maximum absolute atomic E-state index is 13.1. The van der Waals surface area contributed by atoms with Crippen LogP contribution in [0.3, 0.4) is 0 Å².